The van der Waals surface area contributed by atoms with Crippen molar-refractivity contribution in [3.63, 3.8) is 0 Å². The largest absolute Gasteiger partial charge is 0.478 e. The lowest BCUT2D eigenvalue weighted by molar-refractivity contribution is 0.0698. The van der Waals surface area contributed by atoms with Crippen LogP contribution >= 0.6 is 0 Å². The Morgan fingerprint density at radius 1 is 1.17 bits per heavy atom. The van der Waals surface area contributed by atoms with Gasteiger partial charge in [0.1, 0.15) is 5.56 Å². The topological polar surface area (TPSA) is 76.2 Å². The van der Waals surface area contributed by atoms with E-state index in [2.05, 4.69) is 9.97 Å². The Labute approximate surface area is 102 Å². The van der Waals surface area contributed by atoms with Crippen LogP contribution < -0.4 is 0 Å². The van der Waals surface area contributed by atoms with Crippen LogP contribution in [0.1, 0.15) is 10.4 Å². The SMILES string of the molecule is O=C(O)c1ccnc2nc(-c3ccccc3)oc12. The van der Waals surface area contributed by atoms with Gasteiger partial charge in [0, 0.05) is 11.8 Å². The summed E-state index contributed by atoms with van der Waals surface area (Å²) in [6.45, 7) is 0. The number of carbonyl (C=O) groups is 1. The van der Waals surface area contributed by atoms with Gasteiger partial charge in [-0.05, 0) is 18.2 Å². The van der Waals surface area contributed by atoms with Crippen LogP contribution in [0.3, 0.4) is 0 Å². The number of aromatic nitrogens is 2. The summed E-state index contributed by atoms with van der Waals surface area (Å²) in [5.41, 5.74) is 1.35. The van der Waals surface area contributed by atoms with E-state index in [0.717, 1.165) is 5.56 Å². The number of hydrogen-bond acceptors (Lipinski definition) is 4. The molecular formula is C13H8N2O3. The molecule has 0 spiro atoms. The molecule has 3 aromatic rings. The van der Waals surface area contributed by atoms with Crippen molar-refractivity contribution in [2.45, 2.75) is 0 Å². The van der Waals surface area contributed by atoms with Gasteiger partial charge in [0.25, 0.3) is 0 Å². The number of carboxylic acid groups (broad SMARTS) is 1. The van der Waals surface area contributed by atoms with Gasteiger partial charge >= 0.3 is 5.97 Å². The van der Waals surface area contributed by atoms with Crippen LogP contribution in [0.25, 0.3) is 22.7 Å². The number of pyridine rings is 1. The molecule has 0 radical (unpaired) electrons. The van der Waals surface area contributed by atoms with Crippen LogP contribution in [-0.4, -0.2) is 21.0 Å². The van der Waals surface area contributed by atoms with E-state index >= 15 is 0 Å². The Kier molecular flexibility index (Phi) is 2.30. The maximum Gasteiger partial charge on any atom is 0.339 e. The summed E-state index contributed by atoms with van der Waals surface area (Å²) < 4.78 is 5.49. The predicted octanol–water partition coefficient (Wildman–Crippen LogP) is 2.59. The van der Waals surface area contributed by atoms with E-state index in [9.17, 15) is 4.79 Å². The zero-order valence-corrected chi connectivity index (χ0v) is 9.20. The van der Waals surface area contributed by atoms with Crippen molar-refractivity contribution in [1.82, 2.24) is 9.97 Å². The second kappa shape index (κ2) is 3.96. The summed E-state index contributed by atoms with van der Waals surface area (Å²) in [6, 6.07) is 10.7. The maximum absolute atomic E-state index is 11.0. The second-order valence-electron chi connectivity index (χ2n) is 3.70. The molecule has 0 amide bonds. The van der Waals surface area contributed by atoms with Crippen molar-refractivity contribution in [2.75, 3.05) is 0 Å². The van der Waals surface area contributed by atoms with Crippen molar-refractivity contribution in [3.8, 4) is 11.5 Å². The first kappa shape index (κ1) is 10.5. The first-order chi connectivity index (χ1) is 8.75. The molecule has 5 heteroatoms. The first-order valence-electron chi connectivity index (χ1n) is 5.30. The Morgan fingerprint density at radius 3 is 2.67 bits per heavy atom. The van der Waals surface area contributed by atoms with Gasteiger partial charge in [-0.15, -0.1) is 0 Å². The smallest absolute Gasteiger partial charge is 0.339 e. The number of rotatable bonds is 2. The van der Waals surface area contributed by atoms with Crippen LogP contribution in [0, 0.1) is 0 Å². The van der Waals surface area contributed by atoms with Crippen LogP contribution in [0.2, 0.25) is 0 Å². The zero-order chi connectivity index (χ0) is 12.5. The molecule has 1 N–H and O–H groups in total. The van der Waals surface area contributed by atoms with Gasteiger partial charge in [-0.2, -0.15) is 4.98 Å². The Balaban J connectivity index is 2.23. The molecule has 0 aliphatic rings. The van der Waals surface area contributed by atoms with Gasteiger partial charge in [-0.1, -0.05) is 18.2 Å². The lowest BCUT2D eigenvalue weighted by Gasteiger charge is -1.93. The summed E-state index contributed by atoms with van der Waals surface area (Å²) in [5, 5.41) is 9.05. The van der Waals surface area contributed by atoms with Crippen molar-refractivity contribution in [3.05, 3.63) is 48.2 Å². The van der Waals surface area contributed by atoms with Crippen LogP contribution in [0.4, 0.5) is 0 Å². The average molecular weight is 240 g/mol. The zero-order valence-electron chi connectivity index (χ0n) is 9.20. The minimum absolute atomic E-state index is 0.0645. The lowest BCUT2D eigenvalue weighted by Crippen LogP contribution is -1.96. The second-order valence-corrected chi connectivity index (χ2v) is 3.70. The van der Waals surface area contributed by atoms with Crippen LogP contribution in [0.15, 0.2) is 47.0 Å². The van der Waals surface area contributed by atoms with E-state index in [0.29, 0.717) is 11.5 Å². The Hall–Kier alpha value is -2.69. The molecule has 0 unspecified atom stereocenters. The van der Waals surface area contributed by atoms with Gasteiger partial charge in [0.05, 0.1) is 0 Å². The number of aromatic carboxylic acids is 1. The minimum Gasteiger partial charge on any atom is -0.478 e. The van der Waals surface area contributed by atoms with E-state index in [1.165, 1.54) is 12.3 Å². The molecule has 0 atom stereocenters. The molecule has 0 bridgehead atoms. The summed E-state index contributed by atoms with van der Waals surface area (Å²) in [4.78, 5) is 19.2. The highest BCUT2D eigenvalue weighted by Crippen LogP contribution is 2.24. The number of hydrogen-bond donors (Lipinski definition) is 1. The fourth-order valence-electron chi connectivity index (χ4n) is 1.71. The summed E-state index contributed by atoms with van der Waals surface area (Å²) in [5.74, 6) is -0.690. The third-order valence-corrected chi connectivity index (χ3v) is 2.54. The van der Waals surface area contributed by atoms with E-state index in [1.54, 1.807) is 0 Å². The first-order valence-corrected chi connectivity index (χ1v) is 5.30. The van der Waals surface area contributed by atoms with Gasteiger partial charge < -0.3 is 9.52 Å². The molecule has 5 nitrogen and oxygen atoms in total. The van der Waals surface area contributed by atoms with Gasteiger partial charge in [-0.3, -0.25) is 0 Å². The molecule has 3 rings (SSSR count). The van der Waals surface area contributed by atoms with Gasteiger partial charge in [0.2, 0.25) is 5.89 Å². The van der Waals surface area contributed by atoms with Crippen molar-refractivity contribution >= 4 is 17.2 Å². The molecule has 2 aromatic heterocycles. The summed E-state index contributed by atoms with van der Waals surface area (Å²) in [7, 11) is 0. The maximum atomic E-state index is 11.0. The average Bonchev–Trinajstić information content (AvgIpc) is 2.83. The highest BCUT2D eigenvalue weighted by molar-refractivity contribution is 5.99. The van der Waals surface area contributed by atoms with Crippen LogP contribution in [-0.2, 0) is 0 Å². The minimum atomic E-state index is -1.06. The lowest BCUT2D eigenvalue weighted by atomic mass is 10.2. The number of carboxylic acids is 1. The van der Waals surface area contributed by atoms with E-state index in [1.807, 2.05) is 30.3 Å². The molecular weight excluding hydrogens is 232 g/mol. The molecule has 0 saturated carbocycles. The summed E-state index contributed by atoms with van der Waals surface area (Å²) >= 11 is 0. The monoisotopic (exact) mass is 240 g/mol. The third-order valence-electron chi connectivity index (χ3n) is 2.54. The Morgan fingerprint density at radius 2 is 1.94 bits per heavy atom. The van der Waals surface area contributed by atoms with Gasteiger partial charge in [0.15, 0.2) is 11.2 Å². The molecule has 18 heavy (non-hydrogen) atoms. The molecule has 0 saturated heterocycles. The van der Waals surface area contributed by atoms with E-state index in [4.69, 9.17) is 9.52 Å². The van der Waals surface area contributed by atoms with Crippen molar-refractivity contribution in [1.29, 1.82) is 0 Å². The molecule has 0 fully saturated rings. The highest BCUT2D eigenvalue weighted by atomic mass is 16.4. The fourth-order valence-corrected chi connectivity index (χ4v) is 1.71. The number of oxazole rings is 1. The fraction of sp³-hybridized carbons (Fsp3) is 0. The highest BCUT2D eigenvalue weighted by Gasteiger charge is 2.16. The summed E-state index contributed by atoms with van der Waals surface area (Å²) in [6.07, 6.45) is 1.41. The van der Waals surface area contributed by atoms with E-state index < -0.39 is 5.97 Å². The van der Waals surface area contributed by atoms with Crippen LogP contribution in [0.5, 0.6) is 0 Å². The quantitative estimate of drug-likeness (QED) is 0.745. The third kappa shape index (κ3) is 1.62. The molecule has 0 aliphatic carbocycles. The number of benzene rings is 1. The normalized spacial score (nSPS) is 10.7. The Bertz CT molecular complexity index is 719. The molecule has 0 aliphatic heterocycles. The molecule has 2 heterocycles. The standard InChI is InChI=1S/C13H8N2O3/c16-13(17)9-6-7-14-11-10(9)18-12(15-11)8-4-2-1-3-5-8/h1-7H,(H,16,17). The van der Waals surface area contributed by atoms with E-state index in [-0.39, 0.29) is 11.1 Å². The van der Waals surface area contributed by atoms with Crippen molar-refractivity contribution in [2.24, 2.45) is 0 Å². The predicted molar refractivity (Wildman–Crippen MR) is 64.2 cm³/mol. The van der Waals surface area contributed by atoms with Gasteiger partial charge in [-0.25, -0.2) is 9.78 Å². The number of fused-ring (bicyclic) bond motifs is 1. The molecule has 88 valence electrons. The number of nitrogens with zero attached hydrogens (tertiary/aromatic N) is 2. The molecule has 1 aromatic carbocycles. The van der Waals surface area contributed by atoms with Crippen molar-refractivity contribution < 1.29 is 14.3 Å².